The van der Waals surface area contributed by atoms with E-state index < -0.39 is 5.60 Å². The lowest BCUT2D eigenvalue weighted by Crippen LogP contribution is -2.65. The first kappa shape index (κ1) is 14.5. The van der Waals surface area contributed by atoms with Gasteiger partial charge in [0.2, 0.25) is 0 Å². The lowest BCUT2D eigenvalue weighted by molar-refractivity contribution is -0.118. The first-order valence-electron chi connectivity index (χ1n) is 7.28. The Hall–Kier alpha value is -1.44. The number of nitrogens with zero attached hydrogens (tertiary/aromatic N) is 3. The Kier molecular flexibility index (Phi) is 3.97. The molecule has 1 aromatic heterocycles. The molecule has 0 aromatic carbocycles. The average molecular weight is 295 g/mol. The van der Waals surface area contributed by atoms with E-state index in [0.717, 1.165) is 13.1 Å². The number of rotatable bonds is 5. The molecule has 0 spiro atoms. The van der Waals surface area contributed by atoms with Crippen molar-refractivity contribution < 1.29 is 19.2 Å². The van der Waals surface area contributed by atoms with Crippen LogP contribution in [0.2, 0.25) is 0 Å². The highest BCUT2D eigenvalue weighted by molar-refractivity contribution is 5.93. The maximum Gasteiger partial charge on any atom is 0.276 e. The summed E-state index contributed by atoms with van der Waals surface area (Å²) in [7, 11) is 1.53. The van der Waals surface area contributed by atoms with Crippen molar-refractivity contribution in [2.75, 3.05) is 39.9 Å². The van der Waals surface area contributed by atoms with Gasteiger partial charge in [-0.15, -0.1) is 0 Å². The van der Waals surface area contributed by atoms with E-state index >= 15 is 0 Å². The number of methoxy groups -OCH3 is 1. The van der Waals surface area contributed by atoms with Crippen molar-refractivity contribution in [3.63, 3.8) is 0 Å². The molecule has 0 bridgehead atoms. The van der Waals surface area contributed by atoms with Crippen LogP contribution in [0, 0.1) is 0 Å². The second-order valence-corrected chi connectivity index (χ2v) is 5.98. The predicted octanol–water partition coefficient (Wildman–Crippen LogP) is 0.104. The summed E-state index contributed by atoms with van der Waals surface area (Å²) in [5, 5.41) is 13.9. The first-order valence-corrected chi connectivity index (χ1v) is 7.28. The van der Waals surface area contributed by atoms with E-state index in [1.165, 1.54) is 20.0 Å². The first-order chi connectivity index (χ1) is 10.1. The highest BCUT2D eigenvalue weighted by Gasteiger charge is 2.44. The van der Waals surface area contributed by atoms with Crippen molar-refractivity contribution in [2.24, 2.45) is 0 Å². The van der Waals surface area contributed by atoms with E-state index in [-0.39, 0.29) is 25.6 Å². The summed E-state index contributed by atoms with van der Waals surface area (Å²) in [4.78, 5) is 16.0. The van der Waals surface area contributed by atoms with Crippen LogP contribution in [0.4, 0.5) is 0 Å². The third kappa shape index (κ3) is 3.09. The molecule has 1 amide bonds. The fourth-order valence-electron chi connectivity index (χ4n) is 2.98. The minimum atomic E-state index is -0.924. The Morgan fingerprint density at radius 1 is 1.48 bits per heavy atom. The maximum atomic E-state index is 12.2. The molecular formula is C14H21N3O4. The van der Waals surface area contributed by atoms with Crippen LogP contribution in [0.1, 0.15) is 29.1 Å². The molecule has 1 N–H and O–H groups in total. The Morgan fingerprint density at radius 3 is 2.86 bits per heavy atom. The molecule has 3 heterocycles. The third-order valence-electron chi connectivity index (χ3n) is 4.03. The van der Waals surface area contributed by atoms with Gasteiger partial charge in [-0.05, 0) is 25.9 Å². The van der Waals surface area contributed by atoms with Crippen molar-refractivity contribution in [2.45, 2.75) is 25.0 Å². The number of aliphatic hydroxyl groups is 1. The van der Waals surface area contributed by atoms with Crippen LogP contribution in [0.25, 0.3) is 0 Å². The van der Waals surface area contributed by atoms with Gasteiger partial charge in [0, 0.05) is 13.2 Å². The Morgan fingerprint density at radius 2 is 2.19 bits per heavy atom. The SMILES string of the molecule is COCC1(O)CN(C(=O)c2cc(CN3CCCC3)on2)C1. The Balaban J connectivity index is 1.55. The quantitative estimate of drug-likeness (QED) is 0.830. The maximum absolute atomic E-state index is 12.2. The molecule has 7 nitrogen and oxygen atoms in total. The molecule has 3 rings (SSSR count). The largest absolute Gasteiger partial charge is 0.384 e. The van der Waals surface area contributed by atoms with E-state index in [9.17, 15) is 9.90 Å². The van der Waals surface area contributed by atoms with Gasteiger partial charge in [0.05, 0.1) is 26.2 Å². The van der Waals surface area contributed by atoms with Crippen molar-refractivity contribution in [3.8, 4) is 0 Å². The summed E-state index contributed by atoms with van der Waals surface area (Å²) in [6, 6.07) is 1.70. The van der Waals surface area contributed by atoms with Crippen molar-refractivity contribution in [3.05, 3.63) is 17.5 Å². The van der Waals surface area contributed by atoms with Crippen LogP contribution < -0.4 is 0 Å². The smallest absolute Gasteiger partial charge is 0.276 e. The molecule has 1 aromatic rings. The molecule has 0 unspecified atom stereocenters. The van der Waals surface area contributed by atoms with Gasteiger partial charge >= 0.3 is 0 Å². The molecule has 0 aliphatic carbocycles. The van der Waals surface area contributed by atoms with E-state index in [4.69, 9.17) is 9.26 Å². The molecule has 0 saturated carbocycles. The molecule has 2 saturated heterocycles. The lowest BCUT2D eigenvalue weighted by atomic mass is 9.95. The summed E-state index contributed by atoms with van der Waals surface area (Å²) in [6.45, 7) is 3.62. The van der Waals surface area contributed by atoms with E-state index in [0.29, 0.717) is 18.0 Å². The fourth-order valence-corrected chi connectivity index (χ4v) is 2.98. The lowest BCUT2D eigenvalue weighted by Gasteiger charge is -2.45. The second-order valence-electron chi connectivity index (χ2n) is 5.98. The predicted molar refractivity (Wildman–Crippen MR) is 73.7 cm³/mol. The number of ether oxygens (including phenoxy) is 1. The van der Waals surface area contributed by atoms with Gasteiger partial charge in [0.1, 0.15) is 5.60 Å². The molecule has 0 radical (unpaired) electrons. The van der Waals surface area contributed by atoms with Gasteiger partial charge in [0.25, 0.3) is 5.91 Å². The fraction of sp³-hybridized carbons (Fsp3) is 0.714. The minimum Gasteiger partial charge on any atom is -0.384 e. The van der Waals surface area contributed by atoms with E-state index in [2.05, 4.69) is 10.1 Å². The van der Waals surface area contributed by atoms with Crippen LogP contribution in [0.5, 0.6) is 0 Å². The zero-order chi connectivity index (χ0) is 14.9. The molecule has 21 heavy (non-hydrogen) atoms. The van der Waals surface area contributed by atoms with Gasteiger partial charge in [-0.25, -0.2) is 0 Å². The summed E-state index contributed by atoms with van der Waals surface area (Å²) < 4.78 is 10.2. The Bertz CT molecular complexity index is 504. The van der Waals surface area contributed by atoms with Crippen molar-refractivity contribution in [1.82, 2.24) is 15.0 Å². The number of β-amino-alcohol motifs (C(OH)–C–C–N with tert-alkyl or cyclic N) is 1. The average Bonchev–Trinajstić information content (AvgIpc) is 3.07. The van der Waals surface area contributed by atoms with Crippen LogP contribution in [-0.2, 0) is 11.3 Å². The van der Waals surface area contributed by atoms with Gasteiger partial charge in [-0.2, -0.15) is 0 Å². The molecule has 2 aliphatic heterocycles. The van der Waals surface area contributed by atoms with Crippen LogP contribution in [0.15, 0.2) is 10.6 Å². The minimum absolute atomic E-state index is 0.202. The molecule has 116 valence electrons. The number of carbonyl (C=O) groups is 1. The Labute approximate surface area is 123 Å². The number of aromatic nitrogens is 1. The highest BCUT2D eigenvalue weighted by Crippen LogP contribution is 2.23. The van der Waals surface area contributed by atoms with Crippen LogP contribution in [0.3, 0.4) is 0 Å². The second kappa shape index (κ2) is 5.75. The van der Waals surface area contributed by atoms with Gasteiger partial charge < -0.3 is 19.3 Å². The number of amides is 1. The topological polar surface area (TPSA) is 79.0 Å². The number of likely N-dealkylation sites (tertiary alicyclic amines) is 2. The highest BCUT2D eigenvalue weighted by atomic mass is 16.5. The van der Waals surface area contributed by atoms with E-state index in [1.807, 2.05) is 0 Å². The number of carbonyl (C=O) groups excluding carboxylic acids is 1. The van der Waals surface area contributed by atoms with Crippen LogP contribution >= 0.6 is 0 Å². The summed E-state index contributed by atoms with van der Waals surface area (Å²) in [5.74, 6) is 0.514. The standard InChI is InChI=1S/C14H21N3O4/c1-20-10-14(19)8-17(9-14)13(18)12-6-11(21-15-12)7-16-4-2-3-5-16/h6,19H,2-5,7-10H2,1H3. The summed E-state index contributed by atoms with van der Waals surface area (Å²) in [5.41, 5.74) is -0.615. The molecular weight excluding hydrogens is 274 g/mol. The zero-order valence-electron chi connectivity index (χ0n) is 12.2. The molecule has 2 aliphatic rings. The zero-order valence-corrected chi connectivity index (χ0v) is 12.2. The molecule has 0 atom stereocenters. The van der Waals surface area contributed by atoms with Crippen molar-refractivity contribution in [1.29, 1.82) is 0 Å². The van der Waals surface area contributed by atoms with Gasteiger partial charge in [-0.3, -0.25) is 9.69 Å². The summed E-state index contributed by atoms with van der Waals surface area (Å²) in [6.07, 6.45) is 2.43. The monoisotopic (exact) mass is 295 g/mol. The molecule has 2 fully saturated rings. The number of hydrogen-bond acceptors (Lipinski definition) is 6. The normalized spacial score (nSPS) is 21.5. The van der Waals surface area contributed by atoms with Crippen LogP contribution in [-0.4, -0.2) is 71.5 Å². The number of hydrogen-bond donors (Lipinski definition) is 1. The van der Waals surface area contributed by atoms with Gasteiger partial charge in [-0.1, -0.05) is 5.16 Å². The van der Waals surface area contributed by atoms with Crippen molar-refractivity contribution >= 4 is 5.91 Å². The van der Waals surface area contributed by atoms with E-state index in [1.54, 1.807) is 11.0 Å². The third-order valence-corrected chi connectivity index (χ3v) is 4.03. The van der Waals surface area contributed by atoms with Gasteiger partial charge in [0.15, 0.2) is 11.5 Å². The molecule has 7 heteroatoms. The summed E-state index contributed by atoms with van der Waals surface area (Å²) >= 11 is 0.